The minimum Gasteiger partial charge on any atom is -0.481 e. The van der Waals surface area contributed by atoms with Crippen LogP contribution in [0, 0.1) is 12.7 Å². The minimum atomic E-state index is -0.557. The molecule has 0 bridgehead atoms. The highest BCUT2D eigenvalue weighted by atomic mass is 19.1. The molecule has 0 saturated carbocycles. The number of hydrogen-bond donors (Lipinski definition) is 4. The first-order valence-electron chi connectivity index (χ1n) is 10.7. The second-order valence-electron chi connectivity index (χ2n) is 7.84. The number of aromatic nitrogens is 3. The predicted molar refractivity (Wildman–Crippen MR) is 124 cm³/mol. The number of nitrogens with one attached hydrogen (secondary N) is 1. The number of benzene rings is 1. The Labute approximate surface area is 195 Å². The van der Waals surface area contributed by atoms with E-state index in [0.717, 1.165) is 5.56 Å². The maximum atomic E-state index is 14.3. The highest BCUT2D eigenvalue weighted by Gasteiger charge is 2.28. The molecule has 10 nitrogen and oxygen atoms in total. The molecule has 2 atom stereocenters. The van der Waals surface area contributed by atoms with E-state index in [1.54, 1.807) is 31.2 Å². The van der Waals surface area contributed by atoms with Crippen molar-refractivity contribution in [1.29, 1.82) is 0 Å². The van der Waals surface area contributed by atoms with Crippen molar-refractivity contribution in [3.8, 4) is 17.1 Å². The Morgan fingerprint density at radius 3 is 2.82 bits per heavy atom. The van der Waals surface area contributed by atoms with Gasteiger partial charge in [-0.25, -0.2) is 24.8 Å². The normalized spacial score (nSPS) is 15.9. The summed E-state index contributed by atoms with van der Waals surface area (Å²) in [6.45, 7) is 1.63. The molecule has 0 amide bonds. The van der Waals surface area contributed by atoms with E-state index in [1.807, 2.05) is 0 Å². The molecular weight excluding hydrogens is 441 g/mol. The first kappa shape index (κ1) is 23.5. The van der Waals surface area contributed by atoms with E-state index in [2.05, 4.69) is 20.4 Å². The number of amidine groups is 1. The SMILES string of the molecule is COc1cccc(-c2cc(F)ccc2[C@H]2Cc3nc(N)nc(C)c3C(NOCC(N)CO)=N2)n1. The van der Waals surface area contributed by atoms with Crippen LogP contribution in [0.25, 0.3) is 11.3 Å². The first-order chi connectivity index (χ1) is 16.4. The van der Waals surface area contributed by atoms with Crippen LogP contribution in [0.15, 0.2) is 41.4 Å². The summed E-state index contributed by atoms with van der Waals surface area (Å²) >= 11 is 0. The third-order valence-corrected chi connectivity index (χ3v) is 5.37. The summed E-state index contributed by atoms with van der Waals surface area (Å²) < 4.78 is 19.5. The van der Waals surface area contributed by atoms with Gasteiger partial charge < -0.3 is 21.3 Å². The van der Waals surface area contributed by atoms with E-state index in [9.17, 15) is 4.39 Å². The van der Waals surface area contributed by atoms with Crippen LogP contribution in [-0.4, -0.2) is 52.3 Å². The molecule has 0 saturated heterocycles. The number of methoxy groups -OCH3 is 1. The molecule has 0 radical (unpaired) electrons. The number of hydroxylamine groups is 1. The summed E-state index contributed by atoms with van der Waals surface area (Å²) in [7, 11) is 1.52. The third-order valence-electron chi connectivity index (χ3n) is 5.37. The number of anilines is 1. The number of pyridine rings is 1. The van der Waals surface area contributed by atoms with Gasteiger partial charge in [-0.15, -0.1) is 0 Å². The summed E-state index contributed by atoms with van der Waals surface area (Å²) in [6.07, 6.45) is 0.410. The molecule has 34 heavy (non-hydrogen) atoms. The highest BCUT2D eigenvalue weighted by Crippen LogP contribution is 2.36. The Bertz CT molecular complexity index is 1220. The average Bonchev–Trinajstić information content (AvgIpc) is 2.83. The van der Waals surface area contributed by atoms with Crippen LogP contribution in [0.1, 0.15) is 28.6 Å². The number of ether oxygens (including phenoxy) is 1. The number of nitrogen functional groups attached to an aromatic ring is 1. The first-order valence-corrected chi connectivity index (χ1v) is 10.7. The molecule has 1 unspecified atom stereocenters. The Kier molecular flexibility index (Phi) is 6.96. The molecule has 0 aliphatic carbocycles. The number of aliphatic imine (C=N–C) groups is 1. The number of aryl methyl sites for hydroxylation is 1. The summed E-state index contributed by atoms with van der Waals surface area (Å²) in [5, 5.41) is 9.15. The van der Waals surface area contributed by atoms with Crippen molar-refractivity contribution in [3.05, 3.63) is 64.7 Å². The number of aliphatic hydroxyl groups excluding tert-OH is 1. The van der Waals surface area contributed by atoms with Gasteiger partial charge in [0, 0.05) is 18.1 Å². The standard InChI is InChI=1S/C23H26FN7O3/c1-12-21-19(30-23(26)27-12)9-18(29-22(21)31-34-11-14(25)10-32)15-7-6-13(24)8-16(15)17-4-3-5-20(28-17)33-2/h3-8,14,18,32H,9-11,25H2,1-2H3,(H,29,31)(H2,26,27,30)/t14?,18-/m1/s1. The lowest BCUT2D eigenvalue weighted by atomic mass is 9.91. The number of fused-ring (bicyclic) bond motifs is 1. The van der Waals surface area contributed by atoms with Crippen LogP contribution in [0.3, 0.4) is 0 Å². The van der Waals surface area contributed by atoms with Gasteiger partial charge in [0.25, 0.3) is 0 Å². The van der Waals surface area contributed by atoms with Gasteiger partial charge in [0.1, 0.15) is 5.82 Å². The molecule has 0 fully saturated rings. The maximum absolute atomic E-state index is 14.3. The average molecular weight is 468 g/mol. The summed E-state index contributed by atoms with van der Waals surface area (Å²) in [4.78, 5) is 23.4. The number of nitrogens with two attached hydrogens (primary N) is 2. The number of halogens is 1. The third kappa shape index (κ3) is 4.96. The van der Waals surface area contributed by atoms with Gasteiger partial charge in [0.15, 0.2) is 5.84 Å². The Hall–Kier alpha value is -3.67. The predicted octanol–water partition coefficient (Wildman–Crippen LogP) is 1.46. The lowest BCUT2D eigenvalue weighted by molar-refractivity contribution is 0.0602. The van der Waals surface area contributed by atoms with Crippen molar-refractivity contribution in [2.75, 3.05) is 26.1 Å². The van der Waals surface area contributed by atoms with Crippen molar-refractivity contribution in [2.24, 2.45) is 10.7 Å². The fraction of sp³-hybridized carbons (Fsp3) is 0.304. The van der Waals surface area contributed by atoms with Crippen LogP contribution in [0.2, 0.25) is 0 Å². The smallest absolute Gasteiger partial charge is 0.220 e. The molecular formula is C23H26FN7O3. The fourth-order valence-electron chi connectivity index (χ4n) is 3.81. The minimum absolute atomic E-state index is 0.0555. The number of hydrogen-bond acceptors (Lipinski definition) is 10. The van der Waals surface area contributed by atoms with E-state index in [0.29, 0.717) is 46.3 Å². The van der Waals surface area contributed by atoms with E-state index in [1.165, 1.54) is 19.2 Å². The maximum Gasteiger partial charge on any atom is 0.220 e. The zero-order chi connectivity index (χ0) is 24.2. The van der Waals surface area contributed by atoms with Crippen molar-refractivity contribution < 1.29 is 19.1 Å². The van der Waals surface area contributed by atoms with Crippen LogP contribution < -0.4 is 21.7 Å². The molecule has 11 heteroatoms. The number of aliphatic hydroxyl groups is 1. The van der Waals surface area contributed by atoms with E-state index < -0.39 is 17.9 Å². The fourth-order valence-corrected chi connectivity index (χ4v) is 3.81. The lowest BCUT2D eigenvalue weighted by Gasteiger charge is -2.26. The van der Waals surface area contributed by atoms with Crippen molar-refractivity contribution in [1.82, 2.24) is 20.4 Å². The molecule has 1 aliphatic rings. The topological polar surface area (TPSA) is 154 Å². The van der Waals surface area contributed by atoms with E-state index in [-0.39, 0.29) is 19.2 Å². The molecule has 178 valence electrons. The van der Waals surface area contributed by atoms with Crippen LogP contribution >= 0.6 is 0 Å². The second kappa shape index (κ2) is 10.1. The molecule has 3 heterocycles. The Balaban J connectivity index is 1.77. The van der Waals surface area contributed by atoms with Gasteiger partial charge >= 0.3 is 0 Å². The second-order valence-corrected chi connectivity index (χ2v) is 7.84. The van der Waals surface area contributed by atoms with Gasteiger partial charge in [-0.1, -0.05) is 12.1 Å². The Morgan fingerprint density at radius 1 is 1.24 bits per heavy atom. The largest absolute Gasteiger partial charge is 0.481 e. The van der Waals surface area contributed by atoms with Gasteiger partial charge in [0.05, 0.1) is 55.1 Å². The summed E-state index contributed by atoms with van der Waals surface area (Å²) in [5.74, 6) is 0.555. The zero-order valence-electron chi connectivity index (χ0n) is 18.8. The number of nitrogens with zero attached hydrogens (tertiary/aromatic N) is 4. The van der Waals surface area contributed by atoms with Crippen LogP contribution in [-0.2, 0) is 11.3 Å². The molecule has 1 aromatic carbocycles. The molecule has 3 aromatic rings. The molecule has 1 aliphatic heterocycles. The highest BCUT2D eigenvalue weighted by molar-refractivity contribution is 6.01. The van der Waals surface area contributed by atoms with Gasteiger partial charge in [-0.2, -0.15) is 0 Å². The van der Waals surface area contributed by atoms with E-state index >= 15 is 0 Å². The Morgan fingerprint density at radius 2 is 2.06 bits per heavy atom. The van der Waals surface area contributed by atoms with E-state index in [4.69, 9.17) is 31.1 Å². The monoisotopic (exact) mass is 467 g/mol. The summed E-state index contributed by atoms with van der Waals surface area (Å²) in [5.41, 5.74) is 18.3. The van der Waals surface area contributed by atoms with Gasteiger partial charge in [-0.05, 0) is 30.7 Å². The van der Waals surface area contributed by atoms with Gasteiger partial charge in [-0.3, -0.25) is 9.83 Å². The van der Waals surface area contributed by atoms with Crippen molar-refractivity contribution in [2.45, 2.75) is 25.4 Å². The van der Waals surface area contributed by atoms with Crippen molar-refractivity contribution in [3.63, 3.8) is 0 Å². The zero-order valence-corrected chi connectivity index (χ0v) is 18.8. The van der Waals surface area contributed by atoms with Crippen LogP contribution in [0.5, 0.6) is 5.88 Å². The van der Waals surface area contributed by atoms with Gasteiger partial charge in [0.2, 0.25) is 11.8 Å². The quantitative estimate of drug-likeness (QED) is 0.378. The molecule has 2 aromatic heterocycles. The molecule has 0 spiro atoms. The van der Waals surface area contributed by atoms with Crippen LogP contribution in [0.4, 0.5) is 10.3 Å². The molecule has 6 N–H and O–H groups in total. The number of rotatable bonds is 7. The van der Waals surface area contributed by atoms with Crippen molar-refractivity contribution >= 4 is 11.8 Å². The summed E-state index contributed by atoms with van der Waals surface area (Å²) in [6, 6.07) is 8.78. The molecule has 4 rings (SSSR count). The lowest BCUT2D eigenvalue weighted by Crippen LogP contribution is -2.37.